The van der Waals surface area contributed by atoms with E-state index in [1.54, 1.807) is 6.20 Å². The van der Waals surface area contributed by atoms with Gasteiger partial charge < -0.3 is 10.2 Å². The van der Waals surface area contributed by atoms with Crippen molar-refractivity contribution in [2.45, 2.75) is 32.7 Å². The van der Waals surface area contributed by atoms with Gasteiger partial charge in [0.15, 0.2) is 0 Å². The van der Waals surface area contributed by atoms with Gasteiger partial charge in [-0.2, -0.15) is 0 Å². The summed E-state index contributed by atoms with van der Waals surface area (Å²) < 4.78 is 0. The molecule has 6 heteroatoms. The van der Waals surface area contributed by atoms with E-state index < -0.39 is 0 Å². The lowest BCUT2D eigenvalue weighted by Crippen LogP contribution is -2.31. The smallest absolute Gasteiger partial charge is 0.261 e. The molecule has 0 unspecified atom stereocenters. The number of rotatable bonds is 4. The van der Waals surface area contributed by atoms with Crippen LogP contribution in [0.2, 0.25) is 0 Å². The molecule has 2 aromatic rings. The molecule has 3 rings (SSSR count). The zero-order valence-electron chi connectivity index (χ0n) is 12.7. The SMILES string of the molecule is Cc1csc(C(=O)NCc2ccnc(N3CCCCC3)n2)c1. The normalized spacial score (nSPS) is 14.9. The van der Waals surface area contributed by atoms with Gasteiger partial charge >= 0.3 is 0 Å². The molecular formula is C16H20N4OS. The van der Waals surface area contributed by atoms with Gasteiger partial charge in [0.2, 0.25) is 5.95 Å². The first-order chi connectivity index (χ1) is 10.7. The third-order valence-electron chi connectivity index (χ3n) is 3.72. The number of aryl methyl sites for hydroxylation is 1. The molecule has 5 nitrogen and oxygen atoms in total. The highest BCUT2D eigenvalue weighted by atomic mass is 32.1. The minimum atomic E-state index is -0.0452. The topological polar surface area (TPSA) is 58.1 Å². The van der Waals surface area contributed by atoms with Crippen LogP contribution < -0.4 is 10.2 Å². The number of carbonyl (C=O) groups excluding carboxylic acids is 1. The molecule has 3 heterocycles. The largest absolute Gasteiger partial charge is 0.346 e. The van der Waals surface area contributed by atoms with Crippen molar-refractivity contribution in [3.8, 4) is 0 Å². The summed E-state index contributed by atoms with van der Waals surface area (Å²) in [5, 5.41) is 4.90. The average molecular weight is 316 g/mol. The maximum Gasteiger partial charge on any atom is 0.261 e. The van der Waals surface area contributed by atoms with E-state index in [1.807, 2.05) is 24.4 Å². The maximum absolute atomic E-state index is 12.1. The van der Waals surface area contributed by atoms with Gasteiger partial charge in [-0.15, -0.1) is 11.3 Å². The number of hydrogen-bond donors (Lipinski definition) is 1. The van der Waals surface area contributed by atoms with Gasteiger partial charge in [-0.05, 0) is 49.3 Å². The Labute approximate surface area is 134 Å². The van der Waals surface area contributed by atoms with Gasteiger partial charge in [-0.25, -0.2) is 9.97 Å². The predicted octanol–water partition coefficient (Wildman–Crippen LogP) is 2.77. The summed E-state index contributed by atoms with van der Waals surface area (Å²) in [5.74, 6) is 0.731. The third kappa shape index (κ3) is 3.62. The van der Waals surface area contributed by atoms with Crippen LogP contribution in [0.4, 0.5) is 5.95 Å². The number of hydrogen-bond acceptors (Lipinski definition) is 5. The zero-order valence-corrected chi connectivity index (χ0v) is 13.5. The second-order valence-electron chi connectivity index (χ2n) is 5.57. The third-order valence-corrected chi connectivity index (χ3v) is 4.77. The van der Waals surface area contributed by atoms with Gasteiger partial charge in [0.25, 0.3) is 5.91 Å². The van der Waals surface area contributed by atoms with E-state index >= 15 is 0 Å². The standard InChI is InChI=1S/C16H20N4OS/c1-12-9-14(22-11-12)15(21)18-10-13-5-6-17-16(19-13)20-7-3-2-4-8-20/h5-6,9,11H,2-4,7-8,10H2,1H3,(H,18,21). The fourth-order valence-electron chi connectivity index (χ4n) is 2.54. The van der Waals surface area contributed by atoms with E-state index in [4.69, 9.17) is 0 Å². The van der Waals surface area contributed by atoms with Gasteiger partial charge in [-0.3, -0.25) is 4.79 Å². The van der Waals surface area contributed by atoms with Gasteiger partial charge in [0.05, 0.1) is 17.1 Å². The molecule has 0 aromatic carbocycles. The molecule has 1 saturated heterocycles. The highest BCUT2D eigenvalue weighted by Crippen LogP contribution is 2.16. The highest BCUT2D eigenvalue weighted by Gasteiger charge is 2.14. The number of carbonyl (C=O) groups is 1. The zero-order chi connectivity index (χ0) is 15.4. The van der Waals surface area contributed by atoms with Crippen molar-refractivity contribution in [1.82, 2.24) is 15.3 Å². The van der Waals surface area contributed by atoms with Crippen LogP contribution in [-0.4, -0.2) is 29.0 Å². The van der Waals surface area contributed by atoms with Crippen molar-refractivity contribution >= 4 is 23.2 Å². The second-order valence-corrected chi connectivity index (χ2v) is 6.48. The molecule has 1 aliphatic rings. The second kappa shape index (κ2) is 6.87. The maximum atomic E-state index is 12.1. The molecule has 0 aliphatic carbocycles. The molecule has 2 aromatic heterocycles. The Bertz CT molecular complexity index is 649. The molecule has 1 fully saturated rings. The Morgan fingerprint density at radius 1 is 1.36 bits per heavy atom. The monoisotopic (exact) mass is 316 g/mol. The fraction of sp³-hybridized carbons (Fsp3) is 0.438. The van der Waals surface area contributed by atoms with Crippen LogP contribution in [0.1, 0.15) is 40.2 Å². The number of amides is 1. The van der Waals surface area contributed by atoms with E-state index in [1.165, 1.54) is 30.6 Å². The number of nitrogens with one attached hydrogen (secondary N) is 1. The average Bonchev–Trinajstić information content (AvgIpc) is 3.00. The summed E-state index contributed by atoms with van der Waals surface area (Å²) in [4.78, 5) is 23.9. The Morgan fingerprint density at radius 2 is 2.18 bits per heavy atom. The molecule has 0 atom stereocenters. The number of aromatic nitrogens is 2. The molecule has 1 amide bonds. The van der Waals surface area contributed by atoms with Crippen LogP contribution in [0, 0.1) is 6.92 Å². The Hall–Kier alpha value is -1.95. The van der Waals surface area contributed by atoms with Crippen molar-refractivity contribution in [2.75, 3.05) is 18.0 Å². The molecule has 0 radical (unpaired) electrons. The van der Waals surface area contributed by atoms with E-state index in [2.05, 4.69) is 20.2 Å². The van der Waals surface area contributed by atoms with E-state index in [9.17, 15) is 4.79 Å². The van der Waals surface area contributed by atoms with Crippen molar-refractivity contribution in [1.29, 1.82) is 0 Å². The quantitative estimate of drug-likeness (QED) is 0.942. The lowest BCUT2D eigenvalue weighted by atomic mass is 10.1. The Kier molecular flexibility index (Phi) is 4.68. The molecule has 22 heavy (non-hydrogen) atoms. The molecule has 0 spiro atoms. The molecule has 1 N–H and O–H groups in total. The molecule has 1 aliphatic heterocycles. The Balaban J connectivity index is 1.61. The Morgan fingerprint density at radius 3 is 2.91 bits per heavy atom. The first kappa shape index (κ1) is 15.0. The first-order valence-corrected chi connectivity index (χ1v) is 8.50. The summed E-state index contributed by atoms with van der Waals surface area (Å²) in [7, 11) is 0. The molecular weight excluding hydrogens is 296 g/mol. The number of piperidine rings is 1. The lowest BCUT2D eigenvalue weighted by molar-refractivity contribution is 0.0954. The number of nitrogens with zero attached hydrogens (tertiary/aromatic N) is 3. The molecule has 116 valence electrons. The molecule has 0 saturated carbocycles. The summed E-state index contributed by atoms with van der Waals surface area (Å²) in [6.45, 7) is 4.45. The van der Waals surface area contributed by atoms with Gasteiger partial charge in [0, 0.05) is 19.3 Å². The van der Waals surface area contributed by atoms with Crippen LogP contribution in [-0.2, 0) is 6.54 Å². The fourth-order valence-corrected chi connectivity index (χ4v) is 3.35. The van der Waals surface area contributed by atoms with E-state index in [0.717, 1.165) is 35.2 Å². The first-order valence-electron chi connectivity index (χ1n) is 7.62. The lowest BCUT2D eigenvalue weighted by Gasteiger charge is -2.26. The van der Waals surface area contributed by atoms with Gasteiger partial charge in [-0.1, -0.05) is 0 Å². The summed E-state index contributed by atoms with van der Waals surface area (Å²) in [5.41, 5.74) is 1.96. The summed E-state index contributed by atoms with van der Waals surface area (Å²) >= 11 is 1.47. The van der Waals surface area contributed by atoms with Crippen LogP contribution >= 0.6 is 11.3 Å². The minimum absolute atomic E-state index is 0.0452. The van der Waals surface area contributed by atoms with Crippen LogP contribution in [0.5, 0.6) is 0 Å². The van der Waals surface area contributed by atoms with E-state index in [0.29, 0.717) is 6.54 Å². The predicted molar refractivity (Wildman–Crippen MR) is 88.3 cm³/mol. The van der Waals surface area contributed by atoms with Gasteiger partial charge in [0.1, 0.15) is 0 Å². The summed E-state index contributed by atoms with van der Waals surface area (Å²) in [6.07, 6.45) is 5.45. The highest BCUT2D eigenvalue weighted by molar-refractivity contribution is 7.12. The van der Waals surface area contributed by atoms with Crippen molar-refractivity contribution in [2.24, 2.45) is 0 Å². The molecule has 0 bridgehead atoms. The van der Waals surface area contributed by atoms with Crippen LogP contribution in [0.25, 0.3) is 0 Å². The minimum Gasteiger partial charge on any atom is -0.346 e. The van der Waals surface area contributed by atoms with Crippen molar-refractivity contribution in [3.05, 3.63) is 39.8 Å². The summed E-state index contributed by atoms with van der Waals surface area (Å²) in [6, 6.07) is 3.76. The number of thiophene rings is 1. The number of anilines is 1. The van der Waals surface area contributed by atoms with Crippen molar-refractivity contribution in [3.63, 3.8) is 0 Å². The van der Waals surface area contributed by atoms with Crippen molar-refractivity contribution < 1.29 is 4.79 Å². The van der Waals surface area contributed by atoms with Crippen LogP contribution in [0.15, 0.2) is 23.7 Å². The van der Waals surface area contributed by atoms with Crippen LogP contribution in [0.3, 0.4) is 0 Å². The van der Waals surface area contributed by atoms with E-state index in [-0.39, 0.29) is 5.91 Å².